The lowest BCUT2D eigenvalue weighted by atomic mass is 10.2. The molecule has 3 amide bonds. The van der Waals surface area contributed by atoms with Crippen molar-refractivity contribution in [3.8, 4) is 0 Å². The molecule has 0 fully saturated rings. The first-order valence-corrected chi connectivity index (χ1v) is 8.97. The van der Waals surface area contributed by atoms with Crippen molar-refractivity contribution in [1.82, 2.24) is 20.8 Å². The fourth-order valence-electron chi connectivity index (χ4n) is 2.14. The normalized spacial score (nSPS) is 10.4. The van der Waals surface area contributed by atoms with Crippen LogP contribution >= 0.6 is 11.3 Å². The van der Waals surface area contributed by atoms with E-state index in [1.54, 1.807) is 12.1 Å². The minimum absolute atomic E-state index is 0.0940. The maximum atomic E-state index is 12.9. The molecule has 0 radical (unpaired) electrons. The van der Waals surface area contributed by atoms with Crippen molar-refractivity contribution in [2.75, 3.05) is 5.32 Å². The van der Waals surface area contributed by atoms with E-state index in [9.17, 15) is 18.4 Å². The summed E-state index contributed by atoms with van der Waals surface area (Å²) in [5.74, 6) is -1.22. The molecule has 1 heterocycles. The zero-order chi connectivity index (χ0) is 19.9. The van der Waals surface area contributed by atoms with Gasteiger partial charge in [0.1, 0.15) is 16.6 Å². The molecule has 0 atom stereocenters. The molecule has 0 bridgehead atoms. The SMILES string of the molecule is O=C(NCc1ccc(F)cc1)NCc1nnc(C(=O)Nc2ccc(F)cc2)s1. The van der Waals surface area contributed by atoms with E-state index in [-0.39, 0.29) is 23.9 Å². The summed E-state index contributed by atoms with van der Waals surface area (Å²) in [7, 11) is 0. The van der Waals surface area contributed by atoms with Crippen molar-refractivity contribution >= 4 is 29.0 Å². The van der Waals surface area contributed by atoms with Crippen LogP contribution in [0.15, 0.2) is 48.5 Å². The van der Waals surface area contributed by atoms with Gasteiger partial charge in [-0.05, 0) is 42.0 Å². The van der Waals surface area contributed by atoms with Gasteiger partial charge < -0.3 is 16.0 Å². The predicted octanol–water partition coefficient (Wildman–Crippen LogP) is 3.07. The van der Waals surface area contributed by atoms with Crippen LogP contribution in [-0.4, -0.2) is 22.1 Å². The van der Waals surface area contributed by atoms with E-state index in [0.29, 0.717) is 10.7 Å². The first kappa shape index (κ1) is 19.4. The molecule has 144 valence electrons. The molecule has 3 N–H and O–H groups in total. The second-order valence-corrected chi connectivity index (χ2v) is 6.69. The Morgan fingerprint density at radius 1 is 0.857 bits per heavy atom. The van der Waals surface area contributed by atoms with Crippen molar-refractivity contribution in [3.63, 3.8) is 0 Å². The molecule has 0 aliphatic carbocycles. The molecule has 28 heavy (non-hydrogen) atoms. The van der Waals surface area contributed by atoms with Gasteiger partial charge in [-0.15, -0.1) is 10.2 Å². The number of nitrogens with zero attached hydrogens (tertiary/aromatic N) is 2. The number of amides is 3. The molecule has 0 aliphatic rings. The standard InChI is InChI=1S/C18H15F2N5O2S/c19-12-3-1-11(2-4-12)9-21-18(27)22-10-15-24-25-17(28-15)16(26)23-14-7-5-13(20)6-8-14/h1-8H,9-10H2,(H,23,26)(H2,21,22,27). The lowest BCUT2D eigenvalue weighted by molar-refractivity contribution is 0.102. The first-order chi connectivity index (χ1) is 13.5. The number of benzene rings is 2. The second-order valence-electron chi connectivity index (χ2n) is 5.62. The fourth-order valence-corrected chi connectivity index (χ4v) is 2.81. The first-order valence-electron chi connectivity index (χ1n) is 8.15. The zero-order valence-corrected chi connectivity index (χ0v) is 15.2. The number of aromatic nitrogens is 2. The number of anilines is 1. The number of hydrogen-bond donors (Lipinski definition) is 3. The third kappa shape index (κ3) is 5.55. The Kier molecular flexibility index (Phi) is 6.22. The maximum absolute atomic E-state index is 12.9. The molecule has 1 aromatic heterocycles. The highest BCUT2D eigenvalue weighted by atomic mass is 32.1. The molecule has 10 heteroatoms. The van der Waals surface area contributed by atoms with Crippen molar-refractivity contribution in [1.29, 1.82) is 0 Å². The Morgan fingerprint density at radius 3 is 2.14 bits per heavy atom. The molecule has 0 unspecified atom stereocenters. The van der Waals surface area contributed by atoms with Gasteiger partial charge in [0.2, 0.25) is 5.01 Å². The van der Waals surface area contributed by atoms with Gasteiger partial charge in [0.25, 0.3) is 5.91 Å². The van der Waals surface area contributed by atoms with E-state index < -0.39 is 17.8 Å². The van der Waals surface area contributed by atoms with Crippen molar-refractivity contribution in [3.05, 3.63) is 75.7 Å². The molecule has 0 saturated heterocycles. The third-order valence-electron chi connectivity index (χ3n) is 3.53. The summed E-state index contributed by atoms with van der Waals surface area (Å²) < 4.78 is 25.7. The van der Waals surface area contributed by atoms with Gasteiger partial charge in [-0.1, -0.05) is 23.5 Å². The topological polar surface area (TPSA) is 96.0 Å². The van der Waals surface area contributed by atoms with Gasteiger partial charge in [0.05, 0.1) is 6.54 Å². The van der Waals surface area contributed by atoms with Crippen LogP contribution in [0, 0.1) is 11.6 Å². The fraction of sp³-hybridized carbons (Fsp3) is 0.111. The smallest absolute Gasteiger partial charge is 0.315 e. The predicted molar refractivity (Wildman–Crippen MR) is 99.7 cm³/mol. The van der Waals surface area contributed by atoms with Crippen LogP contribution in [0.25, 0.3) is 0 Å². The van der Waals surface area contributed by atoms with Crippen LogP contribution in [-0.2, 0) is 13.1 Å². The zero-order valence-electron chi connectivity index (χ0n) is 14.4. The summed E-state index contributed by atoms with van der Waals surface area (Å²) >= 11 is 1.03. The van der Waals surface area contributed by atoms with Crippen LogP contribution in [0.1, 0.15) is 20.4 Å². The van der Waals surface area contributed by atoms with E-state index in [2.05, 4.69) is 26.1 Å². The van der Waals surface area contributed by atoms with Gasteiger partial charge in [0.15, 0.2) is 0 Å². The number of urea groups is 1. The second kappa shape index (κ2) is 9.00. The molecule has 0 saturated carbocycles. The number of carbonyl (C=O) groups is 2. The highest BCUT2D eigenvalue weighted by molar-refractivity contribution is 7.13. The summed E-state index contributed by atoms with van der Waals surface area (Å²) in [6.07, 6.45) is 0. The van der Waals surface area contributed by atoms with Crippen LogP contribution in [0.3, 0.4) is 0 Å². The summed E-state index contributed by atoms with van der Waals surface area (Å²) in [5.41, 5.74) is 1.19. The summed E-state index contributed by atoms with van der Waals surface area (Å²) in [6.45, 7) is 0.338. The summed E-state index contributed by atoms with van der Waals surface area (Å²) in [5, 5.41) is 16.0. The number of rotatable bonds is 6. The third-order valence-corrected chi connectivity index (χ3v) is 4.45. The molecular weight excluding hydrogens is 388 g/mol. The average molecular weight is 403 g/mol. The van der Waals surface area contributed by atoms with Gasteiger partial charge in [0, 0.05) is 12.2 Å². The minimum atomic E-state index is -0.476. The van der Waals surface area contributed by atoms with E-state index in [0.717, 1.165) is 16.9 Å². The van der Waals surface area contributed by atoms with Crippen LogP contribution in [0.4, 0.5) is 19.3 Å². The highest BCUT2D eigenvalue weighted by Crippen LogP contribution is 2.14. The lowest BCUT2D eigenvalue weighted by Gasteiger charge is -2.06. The molecule has 0 spiro atoms. The number of nitrogens with one attached hydrogen (secondary N) is 3. The van der Waals surface area contributed by atoms with E-state index in [1.807, 2.05) is 0 Å². The molecule has 7 nitrogen and oxygen atoms in total. The molecule has 3 rings (SSSR count). The Bertz CT molecular complexity index is 961. The monoisotopic (exact) mass is 403 g/mol. The van der Waals surface area contributed by atoms with E-state index >= 15 is 0 Å². The quantitative estimate of drug-likeness (QED) is 0.589. The van der Waals surface area contributed by atoms with Gasteiger partial charge in [-0.25, -0.2) is 13.6 Å². The van der Waals surface area contributed by atoms with Crippen LogP contribution in [0.5, 0.6) is 0 Å². The Morgan fingerprint density at radius 2 is 1.46 bits per heavy atom. The van der Waals surface area contributed by atoms with Crippen LogP contribution < -0.4 is 16.0 Å². The van der Waals surface area contributed by atoms with E-state index in [4.69, 9.17) is 0 Å². The Hall–Kier alpha value is -3.40. The Balaban J connectivity index is 1.45. The van der Waals surface area contributed by atoms with Crippen molar-refractivity contribution in [2.45, 2.75) is 13.1 Å². The Labute approximate surface area is 162 Å². The molecule has 2 aromatic carbocycles. The number of halogens is 2. The molecular formula is C18H15F2N5O2S. The summed E-state index contributed by atoms with van der Waals surface area (Å²) in [4.78, 5) is 23.9. The van der Waals surface area contributed by atoms with E-state index in [1.165, 1.54) is 36.4 Å². The number of carbonyl (C=O) groups excluding carboxylic acids is 2. The average Bonchev–Trinajstić information content (AvgIpc) is 3.17. The largest absolute Gasteiger partial charge is 0.334 e. The van der Waals surface area contributed by atoms with Crippen LogP contribution in [0.2, 0.25) is 0 Å². The maximum Gasteiger partial charge on any atom is 0.315 e. The van der Waals surface area contributed by atoms with Crippen molar-refractivity contribution < 1.29 is 18.4 Å². The summed E-state index contributed by atoms with van der Waals surface area (Å²) in [6, 6.07) is 10.7. The van der Waals surface area contributed by atoms with Gasteiger partial charge in [-0.3, -0.25) is 4.79 Å². The minimum Gasteiger partial charge on any atom is -0.334 e. The molecule has 3 aromatic rings. The number of hydrogen-bond acceptors (Lipinski definition) is 5. The van der Waals surface area contributed by atoms with Gasteiger partial charge in [-0.2, -0.15) is 0 Å². The van der Waals surface area contributed by atoms with Crippen molar-refractivity contribution in [2.24, 2.45) is 0 Å². The van der Waals surface area contributed by atoms with Gasteiger partial charge >= 0.3 is 6.03 Å². The molecule has 0 aliphatic heterocycles. The highest BCUT2D eigenvalue weighted by Gasteiger charge is 2.13. The lowest BCUT2D eigenvalue weighted by Crippen LogP contribution is -2.34.